The van der Waals surface area contributed by atoms with Gasteiger partial charge in [0.25, 0.3) is 0 Å². The van der Waals surface area contributed by atoms with Gasteiger partial charge in [-0.1, -0.05) is 6.07 Å². The molecule has 0 aromatic carbocycles. The average Bonchev–Trinajstić information content (AvgIpc) is 2.58. The quantitative estimate of drug-likeness (QED) is 0.929. The lowest BCUT2D eigenvalue weighted by molar-refractivity contribution is 0.387. The maximum absolute atomic E-state index is 11.1. The number of methoxy groups -OCH3 is 1. The second-order valence-corrected chi connectivity index (χ2v) is 5.59. The van der Waals surface area contributed by atoms with E-state index in [0.29, 0.717) is 11.8 Å². The van der Waals surface area contributed by atoms with E-state index >= 15 is 0 Å². The predicted molar refractivity (Wildman–Crippen MR) is 84.3 cm³/mol. The summed E-state index contributed by atoms with van der Waals surface area (Å²) in [6.07, 6.45) is 6.75. The molecule has 0 aliphatic carbocycles. The van der Waals surface area contributed by atoms with Gasteiger partial charge >= 0.3 is 0 Å². The van der Waals surface area contributed by atoms with Crippen LogP contribution in [0, 0.1) is 5.92 Å². The van der Waals surface area contributed by atoms with E-state index in [1.54, 1.807) is 25.4 Å². The highest BCUT2D eigenvalue weighted by Gasteiger charge is 2.21. The van der Waals surface area contributed by atoms with Gasteiger partial charge in [0.15, 0.2) is 0 Å². The third-order valence-electron chi connectivity index (χ3n) is 4.10. The molecule has 116 valence electrons. The number of hydrogen-bond donors (Lipinski definition) is 1. The lowest BCUT2D eigenvalue weighted by Crippen LogP contribution is -2.35. The summed E-state index contributed by atoms with van der Waals surface area (Å²) in [4.78, 5) is 24.7. The number of hydrogen-bond acceptors (Lipinski definition) is 5. The molecule has 0 spiro atoms. The summed E-state index contributed by atoms with van der Waals surface area (Å²) < 4.78 is 5.15. The third kappa shape index (κ3) is 3.44. The van der Waals surface area contributed by atoms with Crippen molar-refractivity contribution in [1.29, 1.82) is 0 Å². The van der Waals surface area contributed by atoms with Crippen LogP contribution in [0.3, 0.4) is 0 Å². The van der Waals surface area contributed by atoms with Gasteiger partial charge in [-0.3, -0.25) is 4.79 Å². The van der Waals surface area contributed by atoms with Gasteiger partial charge in [0.05, 0.1) is 7.11 Å². The van der Waals surface area contributed by atoms with Crippen LogP contribution < -0.4 is 15.2 Å². The van der Waals surface area contributed by atoms with E-state index in [2.05, 4.69) is 19.9 Å². The van der Waals surface area contributed by atoms with Gasteiger partial charge in [0.1, 0.15) is 0 Å². The van der Waals surface area contributed by atoms with Crippen molar-refractivity contribution in [2.24, 2.45) is 5.92 Å². The zero-order chi connectivity index (χ0) is 15.4. The van der Waals surface area contributed by atoms with Crippen molar-refractivity contribution in [1.82, 2.24) is 15.0 Å². The predicted octanol–water partition coefficient (Wildman–Crippen LogP) is 1.63. The lowest BCUT2D eigenvalue weighted by atomic mass is 9.91. The minimum Gasteiger partial charge on any atom is -0.481 e. The number of ether oxygens (including phenoxy) is 1. The van der Waals surface area contributed by atoms with Crippen LogP contribution in [0.1, 0.15) is 18.4 Å². The smallest absolute Gasteiger partial charge is 0.247 e. The average molecular weight is 300 g/mol. The van der Waals surface area contributed by atoms with E-state index in [1.165, 1.54) is 5.56 Å². The Morgan fingerprint density at radius 3 is 2.82 bits per heavy atom. The molecule has 3 heterocycles. The Bertz CT molecular complexity index is 657. The molecule has 0 unspecified atom stereocenters. The summed E-state index contributed by atoms with van der Waals surface area (Å²) in [6, 6.07) is 5.26. The number of nitrogens with one attached hydrogen (secondary N) is 1. The van der Waals surface area contributed by atoms with Crippen LogP contribution in [0.2, 0.25) is 0 Å². The molecule has 0 radical (unpaired) electrons. The molecule has 22 heavy (non-hydrogen) atoms. The molecule has 0 saturated carbocycles. The second kappa shape index (κ2) is 6.60. The van der Waals surface area contributed by atoms with Crippen molar-refractivity contribution in [2.45, 2.75) is 19.3 Å². The van der Waals surface area contributed by atoms with E-state index in [9.17, 15) is 4.79 Å². The number of H-pyrrole nitrogens is 1. The molecule has 6 nitrogen and oxygen atoms in total. The summed E-state index contributed by atoms with van der Waals surface area (Å²) in [5.74, 6) is 1.97. The number of aromatic amines is 1. The van der Waals surface area contributed by atoms with Gasteiger partial charge in [-0.15, -0.1) is 0 Å². The van der Waals surface area contributed by atoms with Gasteiger partial charge in [-0.25, -0.2) is 4.98 Å². The summed E-state index contributed by atoms with van der Waals surface area (Å²) in [5, 5.41) is 0. The molecular weight excluding hydrogens is 280 g/mol. The van der Waals surface area contributed by atoms with Gasteiger partial charge in [-0.2, -0.15) is 4.98 Å². The number of nitrogens with zero attached hydrogens (tertiary/aromatic N) is 3. The van der Waals surface area contributed by atoms with Crippen LogP contribution in [-0.4, -0.2) is 35.2 Å². The fourth-order valence-electron chi connectivity index (χ4n) is 2.84. The van der Waals surface area contributed by atoms with Crippen molar-refractivity contribution in [2.75, 3.05) is 25.1 Å². The Morgan fingerprint density at radius 1 is 1.32 bits per heavy atom. The zero-order valence-corrected chi connectivity index (χ0v) is 12.7. The van der Waals surface area contributed by atoms with E-state index < -0.39 is 0 Å². The molecular formula is C16H20N4O2. The van der Waals surface area contributed by atoms with E-state index in [-0.39, 0.29) is 5.56 Å². The minimum absolute atomic E-state index is 0.0475. The van der Waals surface area contributed by atoms with E-state index in [1.807, 2.05) is 12.3 Å². The largest absolute Gasteiger partial charge is 0.481 e. The first-order chi connectivity index (χ1) is 10.7. The highest BCUT2D eigenvalue weighted by Crippen LogP contribution is 2.24. The molecule has 0 bridgehead atoms. The van der Waals surface area contributed by atoms with Crippen LogP contribution in [0.4, 0.5) is 5.95 Å². The first-order valence-electron chi connectivity index (χ1n) is 7.54. The van der Waals surface area contributed by atoms with Gasteiger partial charge in [0, 0.05) is 37.6 Å². The van der Waals surface area contributed by atoms with E-state index in [0.717, 1.165) is 38.3 Å². The fraction of sp³-hybridized carbons (Fsp3) is 0.438. The molecule has 1 N–H and O–H groups in total. The number of rotatable bonds is 4. The normalized spacial score (nSPS) is 15.8. The number of piperidine rings is 1. The van der Waals surface area contributed by atoms with E-state index in [4.69, 9.17) is 4.74 Å². The van der Waals surface area contributed by atoms with Crippen molar-refractivity contribution in [3.05, 3.63) is 46.5 Å². The summed E-state index contributed by atoms with van der Waals surface area (Å²) in [5.41, 5.74) is 1.14. The molecule has 0 atom stereocenters. The third-order valence-corrected chi connectivity index (χ3v) is 4.10. The molecule has 2 aromatic heterocycles. The standard InChI is InChI=1S/C16H20N4O2/c1-22-15-4-7-17-16(19-15)20-8-5-12(6-9-20)10-13-2-3-14(21)18-11-13/h2-4,7,11-12H,5-6,8-10H2,1H3,(H,18,21). The van der Waals surface area contributed by atoms with Crippen molar-refractivity contribution < 1.29 is 4.74 Å². The maximum Gasteiger partial charge on any atom is 0.247 e. The fourth-order valence-corrected chi connectivity index (χ4v) is 2.84. The van der Waals surface area contributed by atoms with Crippen molar-refractivity contribution >= 4 is 5.95 Å². The Kier molecular flexibility index (Phi) is 4.37. The molecule has 1 aliphatic rings. The zero-order valence-electron chi connectivity index (χ0n) is 12.7. The number of anilines is 1. The highest BCUT2D eigenvalue weighted by molar-refractivity contribution is 5.32. The molecule has 1 saturated heterocycles. The van der Waals surface area contributed by atoms with Crippen molar-refractivity contribution in [3.8, 4) is 5.88 Å². The summed E-state index contributed by atoms with van der Waals surface area (Å²) >= 11 is 0. The highest BCUT2D eigenvalue weighted by atomic mass is 16.5. The first kappa shape index (κ1) is 14.6. The summed E-state index contributed by atoms with van der Waals surface area (Å²) in [6.45, 7) is 1.89. The van der Waals surface area contributed by atoms with Crippen LogP contribution in [0.15, 0.2) is 35.4 Å². The topological polar surface area (TPSA) is 71.1 Å². The van der Waals surface area contributed by atoms with Gasteiger partial charge in [0.2, 0.25) is 17.4 Å². The van der Waals surface area contributed by atoms with Crippen LogP contribution in [0.25, 0.3) is 0 Å². The minimum atomic E-state index is -0.0475. The van der Waals surface area contributed by atoms with Crippen LogP contribution in [-0.2, 0) is 6.42 Å². The molecule has 3 rings (SSSR count). The van der Waals surface area contributed by atoms with Crippen LogP contribution in [0.5, 0.6) is 5.88 Å². The molecule has 1 aliphatic heterocycles. The Morgan fingerprint density at radius 2 is 2.14 bits per heavy atom. The Hall–Kier alpha value is -2.37. The Labute approximate surface area is 129 Å². The van der Waals surface area contributed by atoms with Crippen molar-refractivity contribution in [3.63, 3.8) is 0 Å². The monoisotopic (exact) mass is 300 g/mol. The Balaban J connectivity index is 1.57. The first-order valence-corrected chi connectivity index (χ1v) is 7.54. The SMILES string of the molecule is COc1ccnc(N2CCC(Cc3ccc(=O)[nH]c3)CC2)n1. The number of pyridine rings is 1. The molecule has 1 fully saturated rings. The lowest BCUT2D eigenvalue weighted by Gasteiger charge is -2.32. The molecule has 0 amide bonds. The maximum atomic E-state index is 11.1. The number of aromatic nitrogens is 3. The summed E-state index contributed by atoms with van der Waals surface area (Å²) in [7, 11) is 1.61. The second-order valence-electron chi connectivity index (χ2n) is 5.59. The molecule has 6 heteroatoms. The van der Waals surface area contributed by atoms with Gasteiger partial charge < -0.3 is 14.6 Å². The van der Waals surface area contributed by atoms with Gasteiger partial charge in [-0.05, 0) is 30.7 Å². The molecule has 2 aromatic rings. The van der Waals surface area contributed by atoms with Crippen LogP contribution >= 0.6 is 0 Å².